The summed E-state index contributed by atoms with van der Waals surface area (Å²) < 4.78 is 0. The van der Waals surface area contributed by atoms with Gasteiger partial charge in [0.05, 0.1) is 4.92 Å². The van der Waals surface area contributed by atoms with Crippen LogP contribution in [0.4, 0.5) is 23.0 Å². The van der Waals surface area contributed by atoms with Crippen molar-refractivity contribution in [1.82, 2.24) is 14.9 Å². The van der Waals surface area contributed by atoms with Gasteiger partial charge in [-0.1, -0.05) is 12.1 Å². The second-order valence-corrected chi connectivity index (χ2v) is 6.31. The molecule has 1 saturated heterocycles. The Kier molecular flexibility index (Phi) is 4.80. The molecule has 2 heterocycles. The van der Waals surface area contributed by atoms with E-state index in [1.807, 2.05) is 44.0 Å². The SMILES string of the molecule is Cc1cccc(Nc2ncnc(N3CCN(C)CC3)c2[N+](=O)[O-])c1C. The van der Waals surface area contributed by atoms with Crippen molar-refractivity contribution in [3.8, 4) is 0 Å². The molecule has 0 spiro atoms. The zero-order valence-corrected chi connectivity index (χ0v) is 14.7. The molecule has 0 atom stereocenters. The van der Waals surface area contributed by atoms with E-state index in [0.29, 0.717) is 18.9 Å². The van der Waals surface area contributed by atoms with Crippen LogP contribution in [0.5, 0.6) is 0 Å². The molecule has 3 rings (SSSR count). The van der Waals surface area contributed by atoms with E-state index in [0.717, 1.165) is 29.9 Å². The second-order valence-electron chi connectivity index (χ2n) is 6.31. The minimum absolute atomic E-state index is 0.0760. The first-order valence-electron chi connectivity index (χ1n) is 8.23. The van der Waals surface area contributed by atoms with Gasteiger partial charge in [0.1, 0.15) is 6.33 Å². The number of nitro groups is 1. The lowest BCUT2D eigenvalue weighted by Crippen LogP contribution is -2.45. The van der Waals surface area contributed by atoms with Crippen molar-refractivity contribution in [3.63, 3.8) is 0 Å². The molecular weight excluding hydrogens is 320 g/mol. The molecule has 0 unspecified atom stereocenters. The Morgan fingerprint density at radius 3 is 2.56 bits per heavy atom. The van der Waals surface area contributed by atoms with Crippen molar-refractivity contribution in [2.45, 2.75) is 13.8 Å². The summed E-state index contributed by atoms with van der Waals surface area (Å²) in [6.07, 6.45) is 1.38. The summed E-state index contributed by atoms with van der Waals surface area (Å²) in [4.78, 5) is 23.8. The molecular formula is C17H22N6O2. The summed E-state index contributed by atoms with van der Waals surface area (Å²) in [6.45, 7) is 7.09. The summed E-state index contributed by atoms with van der Waals surface area (Å²) >= 11 is 0. The van der Waals surface area contributed by atoms with Crippen LogP contribution in [0.3, 0.4) is 0 Å². The van der Waals surface area contributed by atoms with Crippen LogP contribution in [-0.4, -0.2) is 53.0 Å². The molecule has 1 aliphatic rings. The number of rotatable bonds is 4. The standard InChI is InChI=1S/C17H22N6O2/c1-12-5-4-6-14(13(12)2)20-16-15(23(24)25)17(19-11-18-16)22-9-7-21(3)8-10-22/h4-6,11H,7-10H2,1-3H3,(H,18,19,20). The lowest BCUT2D eigenvalue weighted by atomic mass is 10.1. The molecule has 132 valence electrons. The predicted octanol–water partition coefficient (Wildman–Crippen LogP) is 2.50. The van der Waals surface area contributed by atoms with Crippen LogP contribution in [0, 0.1) is 24.0 Å². The quantitative estimate of drug-likeness (QED) is 0.674. The Morgan fingerprint density at radius 2 is 1.88 bits per heavy atom. The van der Waals surface area contributed by atoms with Gasteiger partial charge >= 0.3 is 5.69 Å². The molecule has 0 saturated carbocycles. The van der Waals surface area contributed by atoms with Gasteiger partial charge in [0.25, 0.3) is 0 Å². The molecule has 0 amide bonds. The van der Waals surface area contributed by atoms with Gasteiger partial charge < -0.3 is 15.1 Å². The van der Waals surface area contributed by atoms with E-state index in [4.69, 9.17) is 0 Å². The number of nitrogens with zero attached hydrogens (tertiary/aromatic N) is 5. The van der Waals surface area contributed by atoms with Crippen LogP contribution >= 0.6 is 0 Å². The summed E-state index contributed by atoms with van der Waals surface area (Å²) in [5.74, 6) is 0.600. The number of aromatic nitrogens is 2. The second kappa shape index (κ2) is 7.02. The normalized spacial score (nSPS) is 15.2. The topological polar surface area (TPSA) is 87.4 Å². The van der Waals surface area contributed by atoms with Crippen LogP contribution in [0.25, 0.3) is 0 Å². The maximum Gasteiger partial charge on any atom is 0.353 e. The monoisotopic (exact) mass is 342 g/mol. The molecule has 1 aromatic carbocycles. The summed E-state index contributed by atoms with van der Waals surface area (Å²) in [5, 5.41) is 14.9. The number of aryl methyl sites for hydroxylation is 1. The molecule has 2 aromatic rings. The van der Waals surface area contributed by atoms with Gasteiger partial charge in [-0.15, -0.1) is 0 Å². The number of anilines is 3. The molecule has 8 heteroatoms. The van der Waals surface area contributed by atoms with E-state index in [-0.39, 0.29) is 11.5 Å². The number of likely N-dealkylation sites (N-methyl/N-ethyl adjacent to an activating group) is 1. The first kappa shape index (κ1) is 17.1. The number of piperazine rings is 1. The highest BCUT2D eigenvalue weighted by Crippen LogP contribution is 2.34. The summed E-state index contributed by atoms with van der Waals surface area (Å²) in [5.41, 5.74) is 2.89. The summed E-state index contributed by atoms with van der Waals surface area (Å²) in [7, 11) is 2.04. The van der Waals surface area contributed by atoms with E-state index in [9.17, 15) is 10.1 Å². The van der Waals surface area contributed by atoms with Crippen molar-refractivity contribution >= 4 is 23.0 Å². The van der Waals surface area contributed by atoms with Crippen molar-refractivity contribution in [3.05, 3.63) is 45.8 Å². The molecule has 0 radical (unpaired) electrons. The van der Waals surface area contributed by atoms with E-state index >= 15 is 0 Å². The predicted molar refractivity (Wildman–Crippen MR) is 97.6 cm³/mol. The third-order valence-electron chi connectivity index (χ3n) is 4.65. The maximum absolute atomic E-state index is 11.7. The molecule has 25 heavy (non-hydrogen) atoms. The average Bonchev–Trinajstić information content (AvgIpc) is 2.59. The Bertz CT molecular complexity index is 787. The van der Waals surface area contributed by atoms with Gasteiger partial charge in [-0.2, -0.15) is 0 Å². The highest BCUT2D eigenvalue weighted by molar-refractivity contribution is 5.75. The number of benzene rings is 1. The smallest absolute Gasteiger partial charge is 0.348 e. The average molecular weight is 342 g/mol. The molecule has 1 aromatic heterocycles. The fraction of sp³-hybridized carbons (Fsp3) is 0.412. The third-order valence-corrected chi connectivity index (χ3v) is 4.65. The van der Waals surface area contributed by atoms with Gasteiger partial charge in [-0.25, -0.2) is 9.97 Å². The molecule has 1 aliphatic heterocycles. The fourth-order valence-electron chi connectivity index (χ4n) is 2.89. The van der Waals surface area contributed by atoms with E-state index < -0.39 is 4.92 Å². The molecule has 0 aliphatic carbocycles. The van der Waals surface area contributed by atoms with Crippen LogP contribution in [-0.2, 0) is 0 Å². The summed E-state index contributed by atoms with van der Waals surface area (Å²) in [6, 6.07) is 5.81. The largest absolute Gasteiger partial charge is 0.353 e. The van der Waals surface area contributed by atoms with Gasteiger partial charge in [0.15, 0.2) is 0 Å². The number of hydrogen-bond donors (Lipinski definition) is 1. The highest BCUT2D eigenvalue weighted by atomic mass is 16.6. The highest BCUT2D eigenvalue weighted by Gasteiger charge is 2.28. The Hall–Kier alpha value is -2.74. The molecule has 0 bridgehead atoms. The van der Waals surface area contributed by atoms with Crippen LogP contribution in [0.1, 0.15) is 11.1 Å². The Morgan fingerprint density at radius 1 is 1.16 bits per heavy atom. The van der Waals surface area contributed by atoms with Crippen molar-refractivity contribution in [1.29, 1.82) is 0 Å². The Balaban J connectivity index is 1.98. The maximum atomic E-state index is 11.7. The first-order valence-corrected chi connectivity index (χ1v) is 8.23. The lowest BCUT2D eigenvalue weighted by molar-refractivity contribution is -0.383. The van der Waals surface area contributed by atoms with Crippen LogP contribution in [0.15, 0.2) is 24.5 Å². The van der Waals surface area contributed by atoms with E-state index in [2.05, 4.69) is 20.2 Å². The van der Waals surface area contributed by atoms with Crippen LogP contribution in [0.2, 0.25) is 0 Å². The zero-order chi connectivity index (χ0) is 18.0. The van der Waals surface area contributed by atoms with Gasteiger partial charge in [-0.05, 0) is 38.1 Å². The zero-order valence-electron chi connectivity index (χ0n) is 14.7. The number of nitrogens with one attached hydrogen (secondary N) is 1. The lowest BCUT2D eigenvalue weighted by Gasteiger charge is -2.32. The minimum atomic E-state index is -0.402. The van der Waals surface area contributed by atoms with Crippen molar-refractivity contribution in [2.24, 2.45) is 0 Å². The first-order chi connectivity index (χ1) is 12.0. The van der Waals surface area contributed by atoms with E-state index in [1.54, 1.807) is 0 Å². The molecule has 1 fully saturated rings. The van der Waals surface area contributed by atoms with Gasteiger partial charge in [0, 0.05) is 31.9 Å². The molecule has 8 nitrogen and oxygen atoms in total. The van der Waals surface area contributed by atoms with Gasteiger partial charge in [0.2, 0.25) is 11.6 Å². The van der Waals surface area contributed by atoms with Gasteiger partial charge in [-0.3, -0.25) is 10.1 Å². The fourth-order valence-corrected chi connectivity index (χ4v) is 2.89. The minimum Gasteiger partial charge on any atom is -0.348 e. The number of hydrogen-bond acceptors (Lipinski definition) is 7. The van der Waals surface area contributed by atoms with Crippen LogP contribution < -0.4 is 10.2 Å². The molecule has 1 N–H and O–H groups in total. The Labute approximate surface area is 146 Å². The third kappa shape index (κ3) is 3.53. The van der Waals surface area contributed by atoms with Crippen molar-refractivity contribution in [2.75, 3.05) is 43.4 Å². The van der Waals surface area contributed by atoms with E-state index in [1.165, 1.54) is 6.33 Å². The van der Waals surface area contributed by atoms with Crippen molar-refractivity contribution < 1.29 is 4.92 Å².